The molecule has 2 aromatic rings. The quantitative estimate of drug-likeness (QED) is 0.478. The van der Waals surface area contributed by atoms with Crippen LogP contribution in [-0.2, 0) is 9.53 Å². The molecular formula is C30H39ClFN3O4. The number of ether oxygens (including phenoxy) is 2. The van der Waals surface area contributed by atoms with Gasteiger partial charge in [0, 0.05) is 55.3 Å². The average molecular weight is 560 g/mol. The summed E-state index contributed by atoms with van der Waals surface area (Å²) in [6, 6.07) is 12.2. The molecule has 2 aromatic carbocycles. The minimum Gasteiger partial charge on any atom is -0.497 e. The Balaban J connectivity index is 1.58. The fourth-order valence-corrected chi connectivity index (χ4v) is 5.93. The van der Waals surface area contributed by atoms with Crippen LogP contribution in [0.25, 0.3) is 0 Å². The van der Waals surface area contributed by atoms with Crippen molar-refractivity contribution in [3.05, 3.63) is 64.4 Å². The molecule has 7 nitrogen and oxygen atoms in total. The number of methoxy groups -OCH3 is 2. The second kappa shape index (κ2) is 12.1. The number of hydrogen-bond donors (Lipinski definition) is 0. The molecule has 3 atom stereocenters. The van der Waals surface area contributed by atoms with Gasteiger partial charge in [-0.2, -0.15) is 0 Å². The summed E-state index contributed by atoms with van der Waals surface area (Å²) in [4.78, 5) is 32.7. The molecule has 0 N–H and O–H groups in total. The van der Waals surface area contributed by atoms with Gasteiger partial charge in [0.2, 0.25) is 5.91 Å². The van der Waals surface area contributed by atoms with Gasteiger partial charge in [-0.15, -0.1) is 0 Å². The molecule has 0 saturated carbocycles. The summed E-state index contributed by atoms with van der Waals surface area (Å²) in [5, 5.41) is 0.634. The van der Waals surface area contributed by atoms with E-state index in [1.54, 1.807) is 17.0 Å². The maximum absolute atomic E-state index is 15.2. The van der Waals surface area contributed by atoms with Crippen LogP contribution in [-0.4, -0.2) is 79.2 Å². The molecule has 9 heteroatoms. The average Bonchev–Trinajstić information content (AvgIpc) is 3.34. The Morgan fingerprint density at radius 3 is 2.33 bits per heavy atom. The molecule has 212 valence electrons. The summed E-state index contributed by atoms with van der Waals surface area (Å²) in [6.07, 6.45) is 0.960. The van der Waals surface area contributed by atoms with Crippen molar-refractivity contribution in [3.8, 4) is 5.75 Å². The van der Waals surface area contributed by atoms with Crippen LogP contribution in [0.1, 0.15) is 56.7 Å². The molecule has 4 rings (SSSR count). The van der Waals surface area contributed by atoms with Crippen LogP contribution in [0, 0.1) is 11.7 Å². The molecule has 2 amide bonds. The summed E-state index contributed by atoms with van der Waals surface area (Å²) in [7, 11) is 2.88. The Kier molecular flexibility index (Phi) is 9.07. The standard InChI is InChI=1S/C30H39ClFN3O4/c1-30(2,3)34-18-24(23-13-12-22(38-4)17-26(23)32)25(19-34)28(36)33-14-6-7-27(20-8-10-21(31)11-9-20)35(16-15-33)29(37)39-5/h8-13,17,24-25,27H,6-7,14-16,18-19H2,1-5H3. The summed E-state index contributed by atoms with van der Waals surface area (Å²) < 4.78 is 25.5. The second-order valence-electron chi connectivity index (χ2n) is 11.4. The highest BCUT2D eigenvalue weighted by Gasteiger charge is 2.44. The number of nitrogens with zero attached hydrogens (tertiary/aromatic N) is 3. The first-order valence-corrected chi connectivity index (χ1v) is 13.9. The second-order valence-corrected chi connectivity index (χ2v) is 11.8. The lowest BCUT2D eigenvalue weighted by molar-refractivity contribution is -0.136. The number of hydrogen-bond acceptors (Lipinski definition) is 5. The maximum atomic E-state index is 15.2. The molecule has 0 bridgehead atoms. The van der Waals surface area contributed by atoms with E-state index in [1.807, 2.05) is 29.2 Å². The van der Waals surface area contributed by atoms with Crippen molar-refractivity contribution >= 4 is 23.6 Å². The maximum Gasteiger partial charge on any atom is 0.410 e. The Morgan fingerprint density at radius 2 is 1.72 bits per heavy atom. The van der Waals surface area contributed by atoms with Crippen LogP contribution in [0.4, 0.5) is 9.18 Å². The van der Waals surface area contributed by atoms with E-state index in [4.69, 9.17) is 21.1 Å². The molecule has 2 heterocycles. The molecule has 2 aliphatic heterocycles. The molecule has 39 heavy (non-hydrogen) atoms. The van der Waals surface area contributed by atoms with Crippen molar-refractivity contribution in [2.24, 2.45) is 5.92 Å². The third-order valence-electron chi connectivity index (χ3n) is 8.06. The molecule has 3 unspecified atom stereocenters. The van der Waals surface area contributed by atoms with Crippen LogP contribution >= 0.6 is 11.6 Å². The number of benzene rings is 2. The van der Waals surface area contributed by atoms with Crippen molar-refractivity contribution in [3.63, 3.8) is 0 Å². The minimum absolute atomic E-state index is 0.00303. The predicted molar refractivity (Wildman–Crippen MR) is 150 cm³/mol. The van der Waals surface area contributed by atoms with E-state index in [0.29, 0.717) is 61.9 Å². The number of likely N-dealkylation sites (tertiary alicyclic amines) is 1. The third kappa shape index (κ3) is 6.49. The van der Waals surface area contributed by atoms with E-state index < -0.39 is 12.0 Å². The highest BCUT2D eigenvalue weighted by molar-refractivity contribution is 6.30. The van der Waals surface area contributed by atoms with Crippen molar-refractivity contribution in [1.29, 1.82) is 0 Å². The molecule has 0 radical (unpaired) electrons. The van der Waals surface area contributed by atoms with Crippen molar-refractivity contribution < 1.29 is 23.5 Å². The number of amides is 2. The smallest absolute Gasteiger partial charge is 0.410 e. The van der Waals surface area contributed by atoms with Gasteiger partial charge in [0.25, 0.3) is 0 Å². The highest BCUT2D eigenvalue weighted by atomic mass is 35.5. The Bertz CT molecular complexity index is 1170. The Hall–Kier alpha value is -2.84. The first-order chi connectivity index (χ1) is 18.5. The number of halogens is 2. The van der Waals surface area contributed by atoms with Gasteiger partial charge in [-0.25, -0.2) is 9.18 Å². The van der Waals surface area contributed by atoms with E-state index in [-0.39, 0.29) is 29.2 Å². The van der Waals surface area contributed by atoms with Gasteiger partial charge in [-0.05, 0) is 62.9 Å². The zero-order valence-corrected chi connectivity index (χ0v) is 24.2. The fraction of sp³-hybridized carbons (Fsp3) is 0.533. The van der Waals surface area contributed by atoms with Crippen LogP contribution in [0.2, 0.25) is 5.02 Å². The SMILES string of the molecule is COC(=O)N1CCN(C(=O)C2CN(C(C)(C)C)CC2c2ccc(OC)cc2F)CCCC1c1ccc(Cl)cc1. The van der Waals surface area contributed by atoms with E-state index in [0.717, 1.165) is 5.56 Å². The Labute approximate surface area is 235 Å². The summed E-state index contributed by atoms with van der Waals surface area (Å²) in [6.45, 7) is 8.76. The van der Waals surface area contributed by atoms with Crippen LogP contribution in [0.3, 0.4) is 0 Å². The fourth-order valence-electron chi connectivity index (χ4n) is 5.80. The molecule has 2 fully saturated rings. The summed E-state index contributed by atoms with van der Waals surface area (Å²) >= 11 is 6.09. The van der Waals surface area contributed by atoms with Crippen molar-refractivity contribution in [1.82, 2.24) is 14.7 Å². The molecular weight excluding hydrogens is 521 g/mol. The monoisotopic (exact) mass is 559 g/mol. The largest absolute Gasteiger partial charge is 0.497 e. The van der Waals surface area contributed by atoms with Gasteiger partial charge in [0.1, 0.15) is 11.6 Å². The third-order valence-corrected chi connectivity index (χ3v) is 8.31. The number of carbonyl (C=O) groups is 2. The van der Waals surface area contributed by atoms with Gasteiger partial charge in [-0.1, -0.05) is 29.8 Å². The molecule has 2 saturated heterocycles. The first-order valence-electron chi connectivity index (χ1n) is 13.5. The number of rotatable bonds is 4. The lowest BCUT2D eigenvalue weighted by Gasteiger charge is -2.37. The van der Waals surface area contributed by atoms with Crippen molar-refractivity contribution in [2.45, 2.75) is 51.1 Å². The van der Waals surface area contributed by atoms with Crippen molar-refractivity contribution in [2.75, 3.05) is 46.9 Å². The first kappa shape index (κ1) is 29.2. The Morgan fingerprint density at radius 1 is 1.00 bits per heavy atom. The summed E-state index contributed by atoms with van der Waals surface area (Å²) in [5.74, 6) is -0.594. The van der Waals surface area contributed by atoms with E-state index >= 15 is 4.39 Å². The number of carbonyl (C=O) groups excluding carboxylic acids is 2. The van der Waals surface area contributed by atoms with Gasteiger partial charge < -0.3 is 14.4 Å². The van der Waals surface area contributed by atoms with Gasteiger partial charge in [-0.3, -0.25) is 14.6 Å². The minimum atomic E-state index is -0.429. The molecule has 2 aliphatic rings. The van der Waals surface area contributed by atoms with Crippen LogP contribution in [0.15, 0.2) is 42.5 Å². The molecule has 0 aliphatic carbocycles. The van der Waals surface area contributed by atoms with E-state index in [9.17, 15) is 9.59 Å². The van der Waals surface area contributed by atoms with E-state index in [1.165, 1.54) is 20.3 Å². The van der Waals surface area contributed by atoms with Gasteiger partial charge in [0.15, 0.2) is 0 Å². The lowest BCUT2D eigenvalue weighted by Crippen LogP contribution is -2.48. The van der Waals surface area contributed by atoms with Crippen LogP contribution in [0.5, 0.6) is 5.75 Å². The normalized spacial score (nSPS) is 22.8. The summed E-state index contributed by atoms with van der Waals surface area (Å²) in [5.41, 5.74) is 1.35. The molecule has 0 aromatic heterocycles. The zero-order valence-electron chi connectivity index (χ0n) is 23.5. The van der Waals surface area contributed by atoms with Gasteiger partial charge >= 0.3 is 6.09 Å². The zero-order chi connectivity index (χ0) is 28.3. The topological polar surface area (TPSA) is 62.3 Å². The lowest BCUT2D eigenvalue weighted by atomic mass is 9.87. The van der Waals surface area contributed by atoms with Gasteiger partial charge in [0.05, 0.1) is 26.2 Å². The highest BCUT2D eigenvalue weighted by Crippen LogP contribution is 2.39. The molecule has 0 spiro atoms. The van der Waals surface area contributed by atoms with Crippen LogP contribution < -0.4 is 4.74 Å². The van der Waals surface area contributed by atoms with E-state index in [2.05, 4.69) is 25.7 Å². The predicted octanol–water partition coefficient (Wildman–Crippen LogP) is 5.73.